The number of rotatable bonds is 0. The molecule has 2 heterocycles. The molecule has 0 amide bonds. The molecule has 0 aromatic carbocycles. The second-order valence-corrected chi connectivity index (χ2v) is 3.91. The number of pyridine rings is 1. The Morgan fingerprint density at radius 3 is 2.67 bits per heavy atom. The summed E-state index contributed by atoms with van der Waals surface area (Å²) in [6.07, 6.45) is -3.02. The van der Waals surface area contributed by atoms with E-state index in [0.29, 0.717) is 4.47 Å². The van der Waals surface area contributed by atoms with Crippen LogP contribution in [-0.4, -0.2) is 14.8 Å². The normalized spacial score (nSPS) is 12.3. The lowest BCUT2D eigenvalue weighted by Crippen LogP contribution is -2.07. The molecular weight excluding hydrogens is 275 g/mol. The molecule has 0 saturated heterocycles. The zero-order valence-electron chi connectivity index (χ0n) is 7.51. The van der Waals surface area contributed by atoms with Gasteiger partial charge in [0.25, 0.3) is 0 Å². The van der Waals surface area contributed by atoms with Gasteiger partial charge in [0.2, 0.25) is 0 Å². The van der Waals surface area contributed by atoms with E-state index >= 15 is 0 Å². The molecule has 2 rings (SSSR count). The van der Waals surface area contributed by atoms with Crippen LogP contribution in [0.5, 0.6) is 0 Å². The van der Waals surface area contributed by atoms with E-state index in [9.17, 15) is 13.2 Å². The number of hydrogen-bond acceptors (Lipinski definition) is 2. The van der Waals surface area contributed by atoms with Gasteiger partial charge in [-0.2, -0.15) is 18.3 Å². The van der Waals surface area contributed by atoms with Crippen LogP contribution in [0.4, 0.5) is 13.2 Å². The lowest BCUT2D eigenvalue weighted by atomic mass is 10.2. The number of fused-ring (bicyclic) bond motifs is 1. The van der Waals surface area contributed by atoms with Crippen LogP contribution >= 0.6 is 15.9 Å². The van der Waals surface area contributed by atoms with Crippen molar-refractivity contribution in [2.75, 3.05) is 0 Å². The largest absolute Gasteiger partial charge is 0.435 e. The molecule has 2 aromatic rings. The average molecular weight is 280 g/mol. The highest BCUT2D eigenvalue weighted by molar-refractivity contribution is 9.10. The van der Waals surface area contributed by atoms with E-state index in [0.717, 1.165) is 4.68 Å². The van der Waals surface area contributed by atoms with E-state index in [2.05, 4.69) is 26.0 Å². The van der Waals surface area contributed by atoms with Crippen molar-refractivity contribution in [2.24, 2.45) is 7.05 Å². The van der Waals surface area contributed by atoms with Gasteiger partial charge in [0.05, 0.1) is 5.39 Å². The Hall–Kier alpha value is -1.11. The predicted octanol–water partition coefficient (Wildman–Crippen LogP) is 2.75. The predicted molar refractivity (Wildman–Crippen MR) is 51.2 cm³/mol. The van der Waals surface area contributed by atoms with Gasteiger partial charge >= 0.3 is 6.18 Å². The van der Waals surface area contributed by atoms with Crippen LogP contribution < -0.4 is 0 Å². The van der Waals surface area contributed by atoms with E-state index in [1.807, 2.05) is 0 Å². The lowest BCUT2D eigenvalue weighted by molar-refractivity contribution is -0.140. The Labute approximate surface area is 91.0 Å². The van der Waals surface area contributed by atoms with Gasteiger partial charge in [-0.1, -0.05) is 0 Å². The highest BCUT2D eigenvalue weighted by Gasteiger charge is 2.36. The van der Waals surface area contributed by atoms with Gasteiger partial charge in [0, 0.05) is 17.7 Å². The molecule has 80 valence electrons. The fourth-order valence-electron chi connectivity index (χ4n) is 1.32. The van der Waals surface area contributed by atoms with Crippen LogP contribution in [0.15, 0.2) is 16.7 Å². The van der Waals surface area contributed by atoms with Crippen LogP contribution in [0, 0.1) is 0 Å². The Bertz CT molecular complexity index is 518. The molecule has 0 N–H and O–H groups in total. The molecule has 0 unspecified atom stereocenters. The summed E-state index contributed by atoms with van der Waals surface area (Å²) >= 11 is 3.08. The second kappa shape index (κ2) is 3.19. The molecular formula is C8H5BrF3N3. The zero-order chi connectivity index (χ0) is 11.2. The third-order valence-corrected chi connectivity index (χ3v) is 2.35. The third kappa shape index (κ3) is 1.71. The zero-order valence-corrected chi connectivity index (χ0v) is 9.09. The highest BCUT2D eigenvalue weighted by Crippen LogP contribution is 2.33. The molecule has 7 heteroatoms. The first-order valence-corrected chi connectivity index (χ1v) is 4.74. The minimum absolute atomic E-state index is 0.000579. The number of aromatic nitrogens is 3. The number of aryl methyl sites for hydroxylation is 1. The SMILES string of the molecule is Cn1nc(C(F)(F)F)c2cc(Br)cnc21. The third-order valence-electron chi connectivity index (χ3n) is 1.91. The molecule has 0 aliphatic rings. The summed E-state index contributed by atoms with van der Waals surface area (Å²) in [5.41, 5.74) is -0.695. The maximum atomic E-state index is 12.5. The van der Waals surface area contributed by atoms with Crippen molar-refractivity contribution in [3.63, 3.8) is 0 Å². The number of hydrogen-bond donors (Lipinski definition) is 0. The number of alkyl halides is 3. The minimum Gasteiger partial charge on any atom is -0.250 e. The summed E-state index contributed by atoms with van der Waals surface area (Å²) in [6, 6.07) is 1.36. The van der Waals surface area contributed by atoms with Gasteiger partial charge in [-0.15, -0.1) is 0 Å². The fourth-order valence-corrected chi connectivity index (χ4v) is 1.66. The van der Waals surface area contributed by atoms with Crippen molar-refractivity contribution in [2.45, 2.75) is 6.18 Å². The van der Waals surface area contributed by atoms with Crippen LogP contribution in [-0.2, 0) is 13.2 Å². The summed E-state index contributed by atoms with van der Waals surface area (Å²) in [5.74, 6) is 0. The molecule has 0 radical (unpaired) electrons. The molecule has 0 aliphatic heterocycles. The monoisotopic (exact) mass is 279 g/mol. The Morgan fingerprint density at radius 2 is 2.07 bits per heavy atom. The summed E-state index contributed by atoms with van der Waals surface area (Å²) in [5, 5.41) is 3.41. The number of halogens is 4. The summed E-state index contributed by atoms with van der Waals surface area (Å²) in [6.45, 7) is 0. The van der Waals surface area contributed by atoms with E-state index in [-0.39, 0.29) is 11.0 Å². The lowest BCUT2D eigenvalue weighted by Gasteiger charge is -2.01. The van der Waals surface area contributed by atoms with E-state index < -0.39 is 11.9 Å². The smallest absolute Gasteiger partial charge is 0.250 e. The average Bonchev–Trinajstić information content (AvgIpc) is 2.42. The summed E-state index contributed by atoms with van der Waals surface area (Å²) in [7, 11) is 1.43. The van der Waals surface area contributed by atoms with Crippen molar-refractivity contribution in [1.29, 1.82) is 0 Å². The molecule has 3 nitrogen and oxygen atoms in total. The van der Waals surface area contributed by atoms with Gasteiger partial charge in [-0.05, 0) is 22.0 Å². The minimum atomic E-state index is -4.46. The van der Waals surface area contributed by atoms with Crippen molar-refractivity contribution in [1.82, 2.24) is 14.8 Å². The van der Waals surface area contributed by atoms with Crippen LogP contribution in [0.1, 0.15) is 5.69 Å². The second-order valence-electron chi connectivity index (χ2n) is 2.99. The maximum absolute atomic E-state index is 12.5. The van der Waals surface area contributed by atoms with Crippen molar-refractivity contribution in [3.05, 3.63) is 22.4 Å². The molecule has 0 atom stereocenters. The standard InChI is InChI=1S/C8H5BrF3N3/c1-15-7-5(2-4(9)3-13-7)6(14-15)8(10,11)12/h2-3H,1H3. The Kier molecular flexibility index (Phi) is 2.22. The van der Waals surface area contributed by atoms with Gasteiger partial charge in [0.1, 0.15) is 0 Å². The maximum Gasteiger partial charge on any atom is 0.435 e. The van der Waals surface area contributed by atoms with Gasteiger partial charge in [0.15, 0.2) is 11.3 Å². The molecule has 0 saturated carbocycles. The van der Waals surface area contributed by atoms with Crippen molar-refractivity contribution < 1.29 is 13.2 Å². The topological polar surface area (TPSA) is 30.7 Å². The van der Waals surface area contributed by atoms with Gasteiger partial charge in [-0.25, -0.2) is 9.67 Å². The fraction of sp³-hybridized carbons (Fsp3) is 0.250. The molecule has 0 spiro atoms. The Morgan fingerprint density at radius 1 is 1.40 bits per heavy atom. The van der Waals surface area contributed by atoms with E-state index in [4.69, 9.17) is 0 Å². The Balaban J connectivity index is 2.81. The molecule has 0 bridgehead atoms. The van der Waals surface area contributed by atoms with Gasteiger partial charge < -0.3 is 0 Å². The molecule has 0 fully saturated rings. The van der Waals surface area contributed by atoms with Crippen LogP contribution in [0.3, 0.4) is 0 Å². The van der Waals surface area contributed by atoms with E-state index in [1.54, 1.807) is 0 Å². The summed E-state index contributed by atoms with van der Waals surface area (Å²) in [4.78, 5) is 3.87. The number of nitrogens with zero attached hydrogens (tertiary/aromatic N) is 3. The first kappa shape index (κ1) is 10.4. The molecule has 2 aromatic heterocycles. The van der Waals surface area contributed by atoms with E-state index in [1.165, 1.54) is 19.3 Å². The van der Waals surface area contributed by atoms with Gasteiger partial charge in [-0.3, -0.25) is 0 Å². The molecule has 0 aliphatic carbocycles. The molecule has 15 heavy (non-hydrogen) atoms. The van der Waals surface area contributed by atoms with Crippen molar-refractivity contribution >= 4 is 27.0 Å². The van der Waals surface area contributed by atoms with Crippen LogP contribution in [0.25, 0.3) is 11.0 Å². The quantitative estimate of drug-likeness (QED) is 0.743. The highest BCUT2D eigenvalue weighted by atomic mass is 79.9. The summed E-state index contributed by atoms with van der Waals surface area (Å²) < 4.78 is 39.2. The van der Waals surface area contributed by atoms with Crippen LogP contribution in [0.2, 0.25) is 0 Å². The first-order chi connectivity index (χ1) is 6.89. The first-order valence-electron chi connectivity index (χ1n) is 3.95. The van der Waals surface area contributed by atoms with Crippen molar-refractivity contribution in [3.8, 4) is 0 Å².